The van der Waals surface area contributed by atoms with Gasteiger partial charge in [-0.3, -0.25) is 46.9 Å². The minimum atomic E-state index is -4.68. The van der Waals surface area contributed by atoms with Crippen LogP contribution in [0.2, 0.25) is 0 Å². The Balaban J connectivity index is 4.85. The van der Waals surface area contributed by atoms with Gasteiger partial charge < -0.3 is 39.4 Å². The molecular weight excluding hydrogens is 1500 g/mol. The second kappa shape index (κ2) is 85.2. The predicted octanol–water partition coefficient (Wildman–Crippen LogP) is 25.6. The first kappa shape index (κ1) is 110. The number of hydrogen-bond donors (Lipinski definition) is 4. The average Bonchev–Trinajstić information content (AvgIpc) is 0.912. The van der Waals surface area contributed by atoms with Crippen LogP contribution in [0, 0.1) is 0 Å². The van der Waals surface area contributed by atoms with Crippen molar-refractivity contribution in [3.8, 4) is 0 Å². The van der Waals surface area contributed by atoms with Gasteiger partial charge in [0.15, 0.2) is 12.2 Å². The molecule has 0 aliphatic carbocycles. The zero-order valence-electron chi connectivity index (χ0n) is 72.0. The average molecular weight is 1670 g/mol. The van der Waals surface area contributed by atoms with Crippen molar-refractivity contribution >= 4 is 72.9 Å². The minimum absolute atomic E-state index is 0.0900. The van der Waals surface area contributed by atoms with E-state index >= 15 is 0 Å². The second-order valence-corrected chi connectivity index (χ2v) is 37.0. The van der Waals surface area contributed by atoms with E-state index in [1.807, 2.05) is 0 Å². The lowest BCUT2D eigenvalue weighted by molar-refractivity contribution is -0.161. The summed E-state index contributed by atoms with van der Waals surface area (Å²) in [6.07, 6.45) is 71.0. The van der Waals surface area contributed by atoms with E-state index in [2.05, 4.69) is 38.3 Å². The predicted molar refractivity (Wildman–Crippen MR) is 463 cm³/mol. The van der Waals surface area contributed by atoms with Crippen LogP contribution in [-0.2, 0) is 74.9 Å². The minimum Gasteiger partial charge on any atom is -0.462 e. The van der Waals surface area contributed by atoms with Gasteiger partial charge in [0.25, 0.3) is 0 Å². The maximum absolute atomic E-state index is 13.0. The van der Waals surface area contributed by atoms with E-state index in [1.165, 1.54) is 304 Å². The first-order valence-electron chi connectivity index (χ1n) is 46.3. The molecule has 0 aromatic carbocycles. The molecule has 0 aromatic heterocycles. The van der Waals surface area contributed by atoms with Crippen LogP contribution in [0.15, 0.2) is 0 Å². The third kappa shape index (κ3) is 84.2. The van der Waals surface area contributed by atoms with E-state index in [1.54, 1.807) is 0 Å². The molecule has 0 fully saturated rings. The number of carbonyl (C=O) groups excluding carboxylic acids is 6. The summed E-state index contributed by atoms with van der Waals surface area (Å²) >= 11 is 0. The summed E-state index contributed by atoms with van der Waals surface area (Å²) in [7, 11) is -6.59. The summed E-state index contributed by atoms with van der Waals surface area (Å²) in [6, 6.07) is 0. The van der Waals surface area contributed by atoms with Gasteiger partial charge in [-0.15, -0.1) is 0 Å². The molecule has 0 aromatic rings. The van der Waals surface area contributed by atoms with Gasteiger partial charge in [0.1, 0.15) is 13.2 Å². The topological polar surface area (TPSA) is 275 Å². The third-order valence-electron chi connectivity index (χ3n) is 20.5. The highest BCUT2D eigenvalue weighted by molar-refractivity contribution is 8.76. The quantitative estimate of drug-likeness (QED) is 0.0145. The van der Waals surface area contributed by atoms with Gasteiger partial charge in [-0.1, -0.05) is 409 Å². The van der Waals surface area contributed by atoms with Crippen molar-refractivity contribution < 1.29 is 84.7 Å². The highest BCUT2D eigenvalue weighted by atomic mass is 33.1. The lowest BCUT2D eigenvalue weighted by atomic mass is 10.0. The van der Waals surface area contributed by atoms with Crippen LogP contribution >= 0.6 is 37.2 Å². The van der Waals surface area contributed by atoms with Gasteiger partial charge in [-0.05, 0) is 25.7 Å². The van der Waals surface area contributed by atoms with Crippen LogP contribution in [0.4, 0.5) is 0 Å². The summed E-state index contributed by atoms with van der Waals surface area (Å²) in [5.74, 6) is -1.73. The fourth-order valence-corrected chi connectivity index (χ4v) is 17.0. The van der Waals surface area contributed by atoms with Crippen molar-refractivity contribution in [3.63, 3.8) is 0 Å². The Hall–Kier alpha value is -2.26. The highest BCUT2D eigenvalue weighted by Gasteiger charge is 2.28. The fraction of sp³-hybridized carbons (Fsp3) is 0.932. The lowest BCUT2D eigenvalue weighted by Crippen LogP contribution is -2.30. The van der Waals surface area contributed by atoms with Crippen molar-refractivity contribution in [1.82, 2.24) is 10.6 Å². The number of unbranched alkanes of at least 4 members (excludes halogenated alkanes) is 56. The Morgan fingerprint density at radius 1 is 0.268 bits per heavy atom. The summed E-state index contributed by atoms with van der Waals surface area (Å²) in [4.78, 5) is 97.8. The Morgan fingerprint density at radius 3 is 0.679 bits per heavy atom. The van der Waals surface area contributed by atoms with E-state index in [0.29, 0.717) is 37.2 Å². The van der Waals surface area contributed by atoms with Crippen LogP contribution in [0.25, 0.3) is 0 Å². The van der Waals surface area contributed by atoms with Crippen LogP contribution in [0.1, 0.15) is 451 Å². The molecule has 0 bridgehead atoms. The van der Waals surface area contributed by atoms with Crippen molar-refractivity contribution in [2.75, 3.05) is 64.2 Å². The number of rotatable bonds is 91. The normalized spacial score (nSPS) is 13.2. The van der Waals surface area contributed by atoms with E-state index < -0.39 is 64.9 Å². The molecule has 0 saturated heterocycles. The number of nitrogens with one attached hydrogen (secondary N) is 2. The molecule has 4 N–H and O–H groups in total. The van der Waals surface area contributed by atoms with E-state index in [-0.39, 0.29) is 89.9 Å². The van der Waals surface area contributed by atoms with Crippen LogP contribution < -0.4 is 10.6 Å². The molecular formula is C88H170N2O18P2S2. The molecule has 4 atom stereocenters. The molecule has 662 valence electrons. The lowest BCUT2D eigenvalue weighted by Gasteiger charge is -2.20. The molecule has 0 aliphatic rings. The smallest absolute Gasteiger partial charge is 0.462 e. The molecule has 112 heavy (non-hydrogen) atoms. The summed E-state index contributed by atoms with van der Waals surface area (Å²) in [6.45, 7) is 6.35. The number of carbonyl (C=O) groups is 6. The Morgan fingerprint density at radius 2 is 0.464 bits per heavy atom. The number of ether oxygens (including phenoxy) is 4. The van der Waals surface area contributed by atoms with Gasteiger partial charge in [0, 0.05) is 63.1 Å². The highest BCUT2D eigenvalue weighted by Crippen LogP contribution is 2.44. The second-order valence-electron chi connectivity index (χ2n) is 31.4. The third-order valence-corrected chi connectivity index (χ3v) is 24.9. The monoisotopic (exact) mass is 1670 g/mol. The standard InChI is InChI=1S/C88H170N2O18P2S2/c1-5-9-13-17-21-25-29-33-37-41-45-49-53-57-61-65-85(93)101-77-81(107-87(95)67-63-59-55-51-47-43-39-35-31-27-23-19-15-11-7-3)79-105-109(97,98)103-73-71-89-83(91)69-75-111-112-76-70-84(92)90-72-74-104-110(99,100)106-80-82(108-88(96)68-64-60-56-52-48-44-40-36-32-28-24-20-16-12-8-4)78-102-86(94)66-62-58-54-50-46-42-38-34-30-26-22-18-14-10-6-2/h81-82H,5-80H2,1-4H3,(H,89,91)(H,90,92)(H,97,98)(H,99,100). The van der Waals surface area contributed by atoms with Crippen molar-refractivity contribution in [3.05, 3.63) is 0 Å². The number of esters is 4. The first-order chi connectivity index (χ1) is 54.6. The maximum atomic E-state index is 13.0. The summed E-state index contributed by atoms with van der Waals surface area (Å²) in [5, 5.41) is 5.28. The maximum Gasteiger partial charge on any atom is 0.472 e. The van der Waals surface area contributed by atoms with Gasteiger partial charge in [-0.25, -0.2) is 9.13 Å². The van der Waals surface area contributed by atoms with Crippen LogP contribution in [-0.4, -0.2) is 122 Å². The van der Waals surface area contributed by atoms with Gasteiger partial charge in [-0.2, -0.15) is 0 Å². The van der Waals surface area contributed by atoms with Crippen molar-refractivity contribution in [2.24, 2.45) is 0 Å². The summed E-state index contributed by atoms with van der Waals surface area (Å²) in [5.41, 5.74) is 0. The van der Waals surface area contributed by atoms with E-state index in [4.69, 9.17) is 37.0 Å². The van der Waals surface area contributed by atoms with E-state index in [0.717, 1.165) is 77.0 Å². The zero-order chi connectivity index (χ0) is 81.8. The largest absolute Gasteiger partial charge is 0.472 e. The number of amides is 2. The molecule has 4 unspecified atom stereocenters. The Labute approximate surface area is 692 Å². The molecule has 24 heteroatoms. The molecule has 0 radical (unpaired) electrons. The molecule has 20 nitrogen and oxygen atoms in total. The molecule has 0 aliphatic heterocycles. The number of phosphoric acid groups is 2. The van der Waals surface area contributed by atoms with Gasteiger partial charge in [0.2, 0.25) is 11.8 Å². The SMILES string of the molecule is CCCCCCCCCCCCCCCCCC(=O)OCC(COP(=O)(O)OCCNC(=O)CCSSCCC(=O)NCCOP(=O)(O)OCC(COC(=O)CCCCCCCCCCCCCCCCC)OC(=O)CCCCCCCCCCCCCCCCC)OC(=O)CCCCCCCCCCCCCCCCC. The Kier molecular flexibility index (Phi) is 83.4. The van der Waals surface area contributed by atoms with Gasteiger partial charge in [0.05, 0.1) is 26.4 Å². The Bertz CT molecular complexity index is 2100. The van der Waals surface area contributed by atoms with Crippen molar-refractivity contribution in [1.29, 1.82) is 0 Å². The number of hydrogen-bond acceptors (Lipinski definition) is 18. The molecule has 0 heterocycles. The molecule has 0 spiro atoms. The molecule has 0 saturated carbocycles. The number of phosphoric ester groups is 2. The first-order valence-corrected chi connectivity index (χ1v) is 51.8. The van der Waals surface area contributed by atoms with Gasteiger partial charge >= 0.3 is 39.5 Å². The van der Waals surface area contributed by atoms with Crippen LogP contribution in [0.5, 0.6) is 0 Å². The zero-order valence-corrected chi connectivity index (χ0v) is 75.5. The molecule has 2 amide bonds. The van der Waals surface area contributed by atoms with Crippen molar-refractivity contribution in [2.45, 2.75) is 464 Å². The van der Waals surface area contributed by atoms with Crippen LogP contribution in [0.3, 0.4) is 0 Å². The van der Waals surface area contributed by atoms with E-state index in [9.17, 15) is 47.7 Å². The fourth-order valence-electron chi connectivity index (χ4n) is 13.5. The summed E-state index contributed by atoms with van der Waals surface area (Å²) < 4.78 is 68.8. The molecule has 0 rings (SSSR count).